The fraction of sp³-hybridized carbons (Fsp3) is 0.556. The molecule has 14 heteroatoms. The Kier molecular flexibility index (Phi) is 9.56. The van der Waals surface area contributed by atoms with Crippen LogP contribution in [0.2, 0.25) is 0 Å². The maximum Gasteiger partial charge on any atom is 0.326 e. The van der Waals surface area contributed by atoms with Gasteiger partial charge in [0.15, 0.2) is 5.82 Å². The number of nitrogens with two attached hydrogens (primary N) is 2. The zero-order chi connectivity index (χ0) is 23.5. The minimum absolute atomic E-state index is 0.0221. The van der Waals surface area contributed by atoms with Crippen molar-refractivity contribution in [2.24, 2.45) is 11.5 Å². The molecule has 2 heterocycles. The van der Waals surface area contributed by atoms with Crippen LogP contribution in [0, 0.1) is 0 Å². The quantitative estimate of drug-likeness (QED) is 0.186. The molecule has 0 saturated carbocycles. The number of rotatable bonds is 14. The van der Waals surface area contributed by atoms with Crippen LogP contribution >= 0.6 is 0 Å². The molecule has 0 spiro atoms. The van der Waals surface area contributed by atoms with E-state index in [4.69, 9.17) is 21.1 Å². The Balaban J connectivity index is 2.05. The molecule has 32 heavy (non-hydrogen) atoms. The van der Waals surface area contributed by atoms with Gasteiger partial charge in [-0.2, -0.15) is 4.98 Å². The Bertz CT molecular complexity index is 871. The number of aromatic amines is 1. The minimum atomic E-state index is -1.25. The van der Waals surface area contributed by atoms with Crippen molar-refractivity contribution in [3.63, 3.8) is 0 Å². The van der Waals surface area contributed by atoms with Crippen LogP contribution in [0.1, 0.15) is 61.6 Å². The molecule has 0 aliphatic heterocycles. The first-order valence-corrected chi connectivity index (χ1v) is 10.1. The van der Waals surface area contributed by atoms with E-state index in [0.29, 0.717) is 18.7 Å². The first-order chi connectivity index (χ1) is 15.3. The van der Waals surface area contributed by atoms with Crippen molar-refractivity contribution in [2.45, 2.75) is 56.7 Å². The standard InChI is InChI=1S/C18H28N8O6/c19-6-2-1-3-11(20)15-25-16(32-26-15)12(4-5-14(27)28)23-18(31)24-13(17(29)30)7-10-8-21-9-22-10/h8-9,11-13H,1-7,19-20H2,(H,21,22)(H,27,28)(H,29,30)(H2,23,24,31)/t11-,12-,13-/m0/s1. The van der Waals surface area contributed by atoms with E-state index in [2.05, 4.69) is 30.7 Å². The number of aliphatic carboxylic acids is 2. The van der Waals surface area contributed by atoms with E-state index in [0.717, 1.165) is 12.8 Å². The summed E-state index contributed by atoms with van der Waals surface area (Å²) < 4.78 is 5.19. The van der Waals surface area contributed by atoms with Gasteiger partial charge < -0.3 is 41.8 Å². The molecule has 176 valence electrons. The van der Waals surface area contributed by atoms with Gasteiger partial charge in [-0.1, -0.05) is 11.6 Å². The smallest absolute Gasteiger partial charge is 0.326 e. The Morgan fingerprint density at radius 1 is 1.19 bits per heavy atom. The highest BCUT2D eigenvalue weighted by atomic mass is 16.5. The number of nitrogens with zero attached hydrogens (tertiary/aromatic N) is 3. The van der Waals surface area contributed by atoms with Crippen LogP contribution in [-0.2, 0) is 16.0 Å². The lowest BCUT2D eigenvalue weighted by Gasteiger charge is -2.18. The van der Waals surface area contributed by atoms with Crippen LogP contribution in [0.15, 0.2) is 17.0 Å². The summed E-state index contributed by atoms with van der Waals surface area (Å²) in [7, 11) is 0. The molecule has 0 saturated heterocycles. The Labute approximate surface area is 183 Å². The Hall–Kier alpha value is -3.52. The number of unbranched alkanes of at least 4 members (excludes halogenated alkanes) is 1. The van der Waals surface area contributed by atoms with Gasteiger partial charge in [-0.25, -0.2) is 14.6 Å². The Morgan fingerprint density at radius 3 is 2.59 bits per heavy atom. The van der Waals surface area contributed by atoms with E-state index in [1.807, 2.05) is 0 Å². The highest BCUT2D eigenvalue weighted by Crippen LogP contribution is 2.20. The van der Waals surface area contributed by atoms with Crippen molar-refractivity contribution in [2.75, 3.05) is 6.54 Å². The van der Waals surface area contributed by atoms with Gasteiger partial charge in [-0.3, -0.25) is 4.79 Å². The van der Waals surface area contributed by atoms with Crippen molar-refractivity contribution in [3.05, 3.63) is 29.9 Å². The van der Waals surface area contributed by atoms with Crippen LogP contribution in [0.5, 0.6) is 0 Å². The molecule has 0 aliphatic carbocycles. The molecule has 2 aromatic rings. The minimum Gasteiger partial charge on any atom is -0.481 e. The number of urea groups is 1. The molecule has 0 fully saturated rings. The number of nitrogens with one attached hydrogen (secondary N) is 3. The summed E-state index contributed by atoms with van der Waals surface area (Å²) in [5.41, 5.74) is 12.0. The van der Waals surface area contributed by atoms with Crippen molar-refractivity contribution >= 4 is 18.0 Å². The number of hydrogen-bond donors (Lipinski definition) is 7. The van der Waals surface area contributed by atoms with Gasteiger partial charge >= 0.3 is 18.0 Å². The number of carbonyl (C=O) groups excluding carboxylic acids is 1. The second-order valence-electron chi connectivity index (χ2n) is 7.16. The lowest BCUT2D eigenvalue weighted by Crippen LogP contribution is -2.48. The fourth-order valence-electron chi connectivity index (χ4n) is 2.88. The van der Waals surface area contributed by atoms with Crippen LogP contribution in [0.4, 0.5) is 4.79 Å². The summed E-state index contributed by atoms with van der Waals surface area (Å²) in [6.45, 7) is 0.540. The third kappa shape index (κ3) is 7.96. The summed E-state index contributed by atoms with van der Waals surface area (Å²) in [4.78, 5) is 45.7. The average Bonchev–Trinajstić information content (AvgIpc) is 3.42. The van der Waals surface area contributed by atoms with Crippen molar-refractivity contribution in [1.82, 2.24) is 30.7 Å². The zero-order valence-corrected chi connectivity index (χ0v) is 17.4. The lowest BCUT2D eigenvalue weighted by atomic mass is 10.1. The van der Waals surface area contributed by atoms with Crippen LogP contribution in [-0.4, -0.2) is 60.9 Å². The molecule has 9 N–H and O–H groups in total. The van der Waals surface area contributed by atoms with Crippen LogP contribution in [0.25, 0.3) is 0 Å². The van der Waals surface area contributed by atoms with E-state index in [1.165, 1.54) is 12.5 Å². The third-order valence-electron chi connectivity index (χ3n) is 4.59. The second kappa shape index (κ2) is 12.4. The SMILES string of the molecule is NCCCC[C@H](N)c1noc([C@H](CCC(=O)O)NC(=O)N[C@@H](Cc2cnc[nH]2)C(=O)O)n1. The van der Waals surface area contributed by atoms with E-state index in [9.17, 15) is 19.5 Å². The number of hydrogen-bond acceptors (Lipinski definition) is 9. The number of aromatic nitrogens is 4. The predicted octanol–water partition coefficient (Wildman–Crippen LogP) is -0.177. The van der Waals surface area contributed by atoms with Gasteiger partial charge in [-0.05, 0) is 25.8 Å². The summed E-state index contributed by atoms with van der Waals surface area (Å²) in [6, 6.07) is -3.53. The monoisotopic (exact) mass is 452 g/mol. The highest BCUT2D eigenvalue weighted by molar-refractivity contribution is 5.82. The number of carbonyl (C=O) groups is 3. The maximum absolute atomic E-state index is 12.4. The molecular weight excluding hydrogens is 424 g/mol. The van der Waals surface area contributed by atoms with Gasteiger partial charge in [0, 0.05) is 24.7 Å². The Morgan fingerprint density at radius 2 is 1.97 bits per heavy atom. The summed E-state index contributed by atoms with van der Waals surface area (Å²) in [5, 5.41) is 27.1. The topological polar surface area (TPSA) is 235 Å². The van der Waals surface area contributed by atoms with Gasteiger partial charge in [0.25, 0.3) is 0 Å². The molecule has 3 atom stereocenters. The molecule has 2 amide bonds. The highest BCUT2D eigenvalue weighted by Gasteiger charge is 2.27. The van der Waals surface area contributed by atoms with Gasteiger partial charge in [0.2, 0.25) is 5.89 Å². The third-order valence-corrected chi connectivity index (χ3v) is 4.59. The number of H-pyrrole nitrogens is 1. The number of imidazole rings is 1. The van der Waals surface area contributed by atoms with Crippen LogP contribution < -0.4 is 22.1 Å². The number of carboxylic acid groups (broad SMARTS) is 2. The first kappa shape index (κ1) is 24.7. The average molecular weight is 452 g/mol. The zero-order valence-electron chi connectivity index (χ0n) is 17.4. The molecule has 0 radical (unpaired) electrons. The van der Waals surface area contributed by atoms with E-state index in [-0.39, 0.29) is 31.0 Å². The van der Waals surface area contributed by atoms with Crippen LogP contribution in [0.3, 0.4) is 0 Å². The molecule has 2 rings (SSSR count). The summed E-state index contributed by atoms with van der Waals surface area (Å²) in [6.07, 6.45) is 4.63. The van der Waals surface area contributed by atoms with E-state index < -0.39 is 36.1 Å². The van der Waals surface area contributed by atoms with E-state index in [1.54, 1.807) is 0 Å². The normalized spacial score (nSPS) is 13.8. The van der Waals surface area contributed by atoms with Crippen molar-refractivity contribution in [3.8, 4) is 0 Å². The molecule has 0 aromatic carbocycles. The molecule has 0 aliphatic rings. The largest absolute Gasteiger partial charge is 0.481 e. The van der Waals surface area contributed by atoms with Gasteiger partial charge in [-0.15, -0.1) is 0 Å². The molecule has 0 bridgehead atoms. The summed E-state index contributed by atoms with van der Waals surface area (Å²) in [5.74, 6) is -2.13. The number of carboxylic acids is 2. The van der Waals surface area contributed by atoms with Crippen molar-refractivity contribution < 1.29 is 29.1 Å². The molecule has 0 unspecified atom stereocenters. The number of amides is 2. The lowest BCUT2D eigenvalue weighted by molar-refractivity contribution is -0.139. The van der Waals surface area contributed by atoms with E-state index >= 15 is 0 Å². The predicted molar refractivity (Wildman–Crippen MR) is 109 cm³/mol. The fourth-order valence-corrected chi connectivity index (χ4v) is 2.88. The van der Waals surface area contributed by atoms with Gasteiger partial charge in [0.05, 0.1) is 12.4 Å². The maximum atomic E-state index is 12.4. The summed E-state index contributed by atoms with van der Waals surface area (Å²) >= 11 is 0. The molecular formula is C18H28N8O6. The molecule has 14 nitrogen and oxygen atoms in total. The van der Waals surface area contributed by atoms with Gasteiger partial charge in [0.1, 0.15) is 12.1 Å². The van der Waals surface area contributed by atoms with Crippen molar-refractivity contribution in [1.29, 1.82) is 0 Å². The first-order valence-electron chi connectivity index (χ1n) is 10.1. The second-order valence-corrected chi connectivity index (χ2v) is 7.16. The molecule has 2 aromatic heterocycles.